The minimum absolute atomic E-state index is 0.0105. The van der Waals surface area contributed by atoms with E-state index in [0.29, 0.717) is 0 Å². The van der Waals surface area contributed by atoms with Gasteiger partial charge in [0, 0.05) is 24.2 Å². The molecule has 0 unspecified atom stereocenters. The summed E-state index contributed by atoms with van der Waals surface area (Å²) in [7, 11) is 0. The number of phenols is 2. The van der Waals surface area contributed by atoms with Gasteiger partial charge in [-0.05, 0) is 24.6 Å². The highest BCUT2D eigenvalue weighted by molar-refractivity contribution is 6.32. The number of anilines is 2. The van der Waals surface area contributed by atoms with E-state index < -0.39 is 23.1 Å². The predicted octanol–water partition coefficient (Wildman–Crippen LogP) is 1.64. The molecule has 0 amide bonds. The zero-order valence-corrected chi connectivity index (χ0v) is 14.9. The van der Waals surface area contributed by atoms with Crippen molar-refractivity contribution in [2.75, 3.05) is 23.7 Å². The fourth-order valence-electron chi connectivity index (χ4n) is 3.13. The smallest absolute Gasteiger partial charge is 0.198 e. The molecule has 8 N–H and O–H groups in total. The van der Waals surface area contributed by atoms with E-state index in [9.17, 15) is 19.8 Å². The van der Waals surface area contributed by atoms with Crippen molar-refractivity contribution in [2.24, 2.45) is 11.5 Å². The molecule has 0 spiro atoms. The van der Waals surface area contributed by atoms with Crippen LogP contribution in [0.2, 0.25) is 0 Å². The van der Waals surface area contributed by atoms with E-state index in [1.54, 1.807) is 30.4 Å². The zero-order valence-electron chi connectivity index (χ0n) is 14.9. The van der Waals surface area contributed by atoms with Crippen LogP contribution >= 0.6 is 0 Å². The first-order valence-electron chi connectivity index (χ1n) is 8.54. The maximum Gasteiger partial charge on any atom is 0.198 e. The van der Waals surface area contributed by atoms with E-state index in [4.69, 9.17) is 11.5 Å². The van der Waals surface area contributed by atoms with E-state index in [0.717, 1.165) is 0 Å². The molecule has 28 heavy (non-hydrogen) atoms. The lowest BCUT2D eigenvalue weighted by atomic mass is 9.82. The molecule has 8 heteroatoms. The molecule has 1 aliphatic rings. The van der Waals surface area contributed by atoms with Crippen molar-refractivity contribution in [3.63, 3.8) is 0 Å². The Morgan fingerprint density at radius 1 is 0.786 bits per heavy atom. The summed E-state index contributed by atoms with van der Waals surface area (Å²) in [5, 5.41) is 26.9. The first-order valence-corrected chi connectivity index (χ1v) is 8.54. The average Bonchev–Trinajstić information content (AvgIpc) is 2.70. The molecule has 0 heterocycles. The van der Waals surface area contributed by atoms with Crippen LogP contribution < -0.4 is 22.1 Å². The third kappa shape index (κ3) is 3.01. The van der Waals surface area contributed by atoms with Crippen molar-refractivity contribution in [3.05, 3.63) is 71.1 Å². The Labute approximate surface area is 161 Å². The van der Waals surface area contributed by atoms with Crippen molar-refractivity contribution in [3.8, 4) is 11.5 Å². The summed E-state index contributed by atoms with van der Waals surface area (Å²) in [6.07, 6.45) is 5.83. The fourth-order valence-corrected chi connectivity index (χ4v) is 3.13. The number of phenolic OH excluding ortho intramolecular Hbond substituents is 2. The number of hydrogen-bond donors (Lipinski definition) is 6. The number of aromatic hydroxyl groups is 2. The lowest BCUT2D eigenvalue weighted by Crippen LogP contribution is -2.24. The standard InChI is InChI=1S/C20H20N4O4/c21-7-3-9-23-15-13-14(19(27)20(28)16(15)24-10-4-8-22)18(26)12-6-2-1-5-11(12)17(13)25/h1-8,23-24,27-28H,9-10,21-22H2. The average molecular weight is 380 g/mol. The monoisotopic (exact) mass is 380 g/mol. The van der Waals surface area contributed by atoms with E-state index in [-0.39, 0.29) is 46.7 Å². The summed E-state index contributed by atoms with van der Waals surface area (Å²) in [5.41, 5.74) is 11.1. The maximum atomic E-state index is 13.2. The molecule has 0 fully saturated rings. The highest BCUT2D eigenvalue weighted by Gasteiger charge is 2.37. The fraction of sp³-hybridized carbons (Fsp3) is 0.100. The van der Waals surface area contributed by atoms with E-state index in [1.807, 2.05) is 0 Å². The van der Waals surface area contributed by atoms with Gasteiger partial charge in [0.15, 0.2) is 23.1 Å². The van der Waals surface area contributed by atoms with Gasteiger partial charge >= 0.3 is 0 Å². The number of carbonyl (C=O) groups is 2. The minimum Gasteiger partial charge on any atom is -0.504 e. The molecule has 0 bridgehead atoms. The summed E-state index contributed by atoms with van der Waals surface area (Å²) in [6, 6.07) is 6.35. The molecule has 0 aromatic heterocycles. The van der Waals surface area contributed by atoms with E-state index in [2.05, 4.69) is 10.6 Å². The van der Waals surface area contributed by atoms with E-state index in [1.165, 1.54) is 18.5 Å². The Bertz CT molecular complexity index is 1010. The molecule has 0 aliphatic heterocycles. The molecule has 144 valence electrons. The van der Waals surface area contributed by atoms with Gasteiger partial charge in [-0.2, -0.15) is 0 Å². The normalized spacial score (nSPS) is 13.0. The van der Waals surface area contributed by atoms with Crippen molar-refractivity contribution < 1.29 is 19.8 Å². The Balaban J connectivity index is 2.26. The third-order valence-corrected chi connectivity index (χ3v) is 4.38. The van der Waals surface area contributed by atoms with Gasteiger partial charge in [0.2, 0.25) is 0 Å². The topological polar surface area (TPSA) is 151 Å². The summed E-state index contributed by atoms with van der Waals surface area (Å²) in [4.78, 5) is 26.1. The van der Waals surface area contributed by atoms with Gasteiger partial charge < -0.3 is 32.3 Å². The minimum atomic E-state index is -0.651. The highest BCUT2D eigenvalue weighted by atomic mass is 16.3. The van der Waals surface area contributed by atoms with Crippen LogP contribution in [0.5, 0.6) is 11.5 Å². The Morgan fingerprint density at radius 3 is 1.82 bits per heavy atom. The van der Waals surface area contributed by atoms with Crippen LogP contribution in [-0.4, -0.2) is 34.9 Å². The molecule has 2 aromatic rings. The lowest BCUT2D eigenvalue weighted by Gasteiger charge is -2.25. The number of rotatable bonds is 6. The largest absolute Gasteiger partial charge is 0.504 e. The first-order chi connectivity index (χ1) is 13.5. The van der Waals surface area contributed by atoms with Crippen LogP contribution in [0.4, 0.5) is 11.4 Å². The summed E-state index contributed by atoms with van der Waals surface area (Å²) >= 11 is 0. The van der Waals surface area contributed by atoms with Crippen LogP contribution in [-0.2, 0) is 0 Å². The number of nitrogens with two attached hydrogens (primary N) is 2. The second-order valence-electron chi connectivity index (χ2n) is 6.02. The van der Waals surface area contributed by atoms with Crippen molar-refractivity contribution in [1.29, 1.82) is 0 Å². The molecule has 3 rings (SSSR count). The molecule has 2 aromatic carbocycles. The summed E-state index contributed by atoms with van der Waals surface area (Å²) in [6.45, 7) is 0.458. The number of benzene rings is 2. The van der Waals surface area contributed by atoms with E-state index >= 15 is 0 Å². The van der Waals surface area contributed by atoms with Crippen LogP contribution in [0.15, 0.2) is 48.8 Å². The van der Waals surface area contributed by atoms with Crippen LogP contribution in [0.1, 0.15) is 31.8 Å². The molecule has 0 atom stereocenters. The SMILES string of the molecule is NC=CCNc1c(O)c(O)c2c(c1NCC=CN)C(=O)c1ccccc1C2=O. The van der Waals surface area contributed by atoms with Gasteiger partial charge in [0.1, 0.15) is 5.69 Å². The van der Waals surface area contributed by atoms with Crippen LogP contribution in [0, 0.1) is 0 Å². The van der Waals surface area contributed by atoms with Gasteiger partial charge in [0.25, 0.3) is 0 Å². The molecular formula is C20H20N4O4. The predicted molar refractivity (Wildman–Crippen MR) is 107 cm³/mol. The Kier molecular flexibility index (Phi) is 5.21. The summed E-state index contributed by atoms with van der Waals surface area (Å²) in [5.74, 6) is -2.16. The van der Waals surface area contributed by atoms with Crippen LogP contribution in [0.25, 0.3) is 0 Å². The van der Waals surface area contributed by atoms with Crippen molar-refractivity contribution in [1.82, 2.24) is 0 Å². The zero-order chi connectivity index (χ0) is 20.3. The van der Waals surface area contributed by atoms with Crippen LogP contribution in [0.3, 0.4) is 0 Å². The molecule has 1 aliphatic carbocycles. The maximum absolute atomic E-state index is 13.2. The number of hydrogen-bond acceptors (Lipinski definition) is 8. The van der Waals surface area contributed by atoms with Gasteiger partial charge in [-0.1, -0.05) is 24.3 Å². The summed E-state index contributed by atoms with van der Waals surface area (Å²) < 4.78 is 0. The number of fused-ring (bicyclic) bond motifs is 2. The van der Waals surface area contributed by atoms with Gasteiger partial charge in [0.05, 0.1) is 16.8 Å². The highest BCUT2D eigenvalue weighted by Crippen LogP contribution is 2.48. The molecule has 0 radical (unpaired) electrons. The third-order valence-electron chi connectivity index (χ3n) is 4.38. The number of carbonyl (C=O) groups excluding carboxylic acids is 2. The molecule has 0 saturated heterocycles. The second-order valence-corrected chi connectivity index (χ2v) is 6.02. The first kappa shape index (κ1) is 18.8. The molecular weight excluding hydrogens is 360 g/mol. The van der Waals surface area contributed by atoms with Gasteiger partial charge in [-0.25, -0.2) is 0 Å². The number of ketones is 2. The van der Waals surface area contributed by atoms with Gasteiger partial charge in [-0.3, -0.25) is 9.59 Å². The molecule has 0 saturated carbocycles. The Morgan fingerprint density at radius 2 is 1.29 bits per heavy atom. The quantitative estimate of drug-likeness (QED) is 0.279. The Hall–Kier alpha value is -3.94. The van der Waals surface area contributed by atoms with Crippen molar-refractivity contribution >= 4 is 22.9 Å². The second kappa shape index (κ2) is 7.75. The molecule has 8 nitrogen and oxygen atoms in total. The van der Waals surface area contributed by atoms with Gasteiger partial charge in [-0.15, -0.1) is 0 Å². The number of nitrogens with one attached hydrogen (secondary N) is 2. The lowest BCUT2D eigenvalue weighted by molar-refractivity contribution is 0.0977. The van der Waals surface area contributed by atoms with Crippen molar-refractivity contribution in [2.45, 2.75) is 0 Å².